The lowest BCUT2D eigenvalue weighted by Gasteiger charge is -2.22. The van der Waals surface area contributed by atoms with E-state index in [1.807, 2.05) is 5.43 Å². The van der Waals surface area contributed by atoms with Crippen LogP contribution in [0.25, 0.3) is 0 Å². The van der Waals surface area contributed by atoms with Gasteiger partial charge in [-0.05, 0) is 13.8 Å². The molecule has 0 atom stereocenters. The van der Waals surface area contributed by atoms with Gasteiger partial charge in [0.15, 0.2) is 0 Å². The zero-order valence-corrected chi connectivity index (χ0v) is 6.01. The SMILES string of the molecule is CC(C)(CO)NNC(=O)O. The second-order valence-corrected chi connectivity index (χ2v) is 2.60. The Labute approximate surface area is 59.0 Å². The van der Waals surface area contributed by atoms with Crippen molar-refractivity contribution in [2.45, 2.75) is 19.4 Å². The highest BCUT2D eigenvalue weighted by atomic mass is 16.4. The quantitative estimate of drug-likeness (QED) is 0.408. The van der Waals surface area contributed by atoms with Gasteiger partial charge in [0, 0.05) is 0 Å². The van der Waals surface area contributed by atoms with Gasteiger partial charge in [-0.2, -0.15) is 0 Å². The summed E-state index contributed by atoms with van der Waals surface area (Å²) in [5.74, 6) is 0. The summed E-state index contributed by atoms with van der Waals surface area (Å²) in [6.45, 7) is 3.21. The topological polar surface area (TPSA) is 81.6 Å². The summed E-state index contributed by atoms with van der Waals surface area (Å²) in [4.78, 5) is 9.91. The van der Waals surface area contributed by atoms with E-state index in [2.05, 4.69) is 5.43 Å². The largest absolute Gasteiger partial charge is 0.464 e. The minimum Gasteiger partial charge on any atom is -0.464 e. The van der Waals surface area contributed by atoms with Crippen LogP contribution in [0.4, 0.5) is 4.79 Å². The minimum atomic E-state index is -1.17. The van der Waals surface area contributed by atoms with E-state index in [0.717, 1.165) is 0 Å². The van der Waals surface area contributed by atoms with Crippen LogP contribution in [-0.4, -0.2) is 28.5 Å². The van der Waals surface area contributed by atoms with Gasteiger partial charge in [-0.25, -0.2) is 10.2 Å². The molecule has 0 radical (unpaired) electrons. The normalized spacial score (nSPS) is 11.1. The summed E-state index contributed by atoms with van der Waals surface area (Å²) in [6.07, 6.45) is -1.17. The zero-order chi connectivity index (χ0) is 8.20. The molecule has 10 heavy (non-hydrogen) atoms. The van der Waals surface area contributed by atoms with Crippen molar-refractivity contribution in [3.05, 3.63) is 0 Å². The number of aliphatic hydroxyl groups is 1. The first-order chi connectivity index (χ1) is 4.48. The molecule has 5 heteroatoms. The highest BCUT2D eigenvalue weighted by molar-refractivity contribution is 5.63. The van der Waals surface area contributed by atoms with Gasteiger partial charge in [0.2, 0.25) is 0 Å². The molecule has 1 amide bonds. The molecule has 0 saturated carbocycles. The Kier molecular flexibility index (Phi) is 3.11. The molecule has 0 rings (SSSR count). The lowest BCUT2D eigenvalue weighted by Crippen LogP contribution is -2.52. The fourth-order valence-electron chi connectivity index (χ4n) is 0.262. The Morgan fingerprint density at radius 2 is 2.10 bits per heavy atom. The maximum absolute atomic E-state index is 9.91. The molecule has 0 fully saturated rings. The van der Waals surface area contributed by atoms with Crippen molar-refractivity contribution < 1.29 is 15.0 Å². The average Bonchev–Trinajstić information content (AvgIpc) is 1.85. The molecule has 0 aliphatic carbocycles. The van der Waals surface area contributed by atoms with Crippen molar-refractivity contribution in [3.8, 4) is 0 Å². The predicted molar refractivity (Wildman–Crippen MR) is 35.5 cm³/mol. The molecule has 0 heterocycles. The second kappa shape index (κ2) is 3.38. The highest BCUT2D eigenvalue weighted by Gasteiger charge is 2.15. The number of carbonyl (C=O) groups is 1. The number of amides is 1. The molecular formula is C5H12N2O3. The van der Waals surface area contributed by atoms with E-state index < -0.39 is 11.6 Å². The molecule has 5 nitrogen and oxygen atoms in total. The fourth-order valence-corrected chi connectivity index (χ4v) is 0.262. The first-order valence-electron chi connectivity index (χ1n) is 2.85. The third-order valence-corrected chi connectivity index (χ3v) is 0.903. The van der Waals surface area contributed by atoms with E-state index >= 15 is 0 Å². The Hall–Kier alpha value is -0.810. The maximum atomic E-state index is 9.91. The van der Waals surface area contributed by atoms with Crippen LogP contribution < -0.4 is 10.9 Å². The Morgan fingerprint density at radius 3 is 2.40 bits per heavy atom. The van der Waals surface area contributed by atoms with Gasteiger partial charge in [0.1, 0.15) is 0 Å². The number of aliphatic hydroxyl groups excluding tert-OH is 1. The van der Waals surface area contributed by atoms with Crippen molar-refractivity contribution >= 4 is 6.09 Å². The molecule has 0 saturated heterocycles. The molecule has 0 unspecified atom stereocenters. The van der Waals surface area contributed by atoms with Crippen LogP contribution in [0.3, 0.4) is 0 Å². The third kappa shape index (κ3) is 4.11. The van der Waals surface area contributed by atoms with Gasteiger partial charge in [0.25, 0.3) is 0 Å². The molecule has 60 valence electrons. The van der Waals surface area contributed by atoms with Gasteiger partial charge in [-0.15, -0.1) is 0 Å². The van der Waals surface area contributed by atoms with E-state index in [9.17, 15) is 4.79 Å². The van der Waals surface area contributed by atoms with Crippen LogP contribution in [0.2, 0.25) is 0 Å². The number of hydrazine groups is 1. The average molecular weight is 148 g/mol. The van der Waals surface area contributed by atoms with E-state index in [4.69, 9.17) is 10.2 Å². The molecule has 0 spiro atoms. The van der Waals surface area contributed by atoms with Crippen molar-refractivity contribution in [2.75, 3.05) is 6.61 Å². The molecule has 0 bridgehead atoms. The summed E-state index contributed by atoms with van der Waals surface area (Å²) in [6, 6.07) is 0. The van der Waals surface area contributed by atoms with Gasteiger partial charge < -0.3 is 10.2 Å². The minimum absolute atomic E-state index is 0.132. The zero-order valence-electron chi connectivity index (χ0n) is 6.01. The number of nitrogens with one attached hydrogen (secondary N) is 2. The van der Waals surface area contributed by atoms with Crippen molar-refractivity contribution in [1.29, 1.82) is 0 Å². The van der Waals surface area contributed by atoms with Crippen molar-refractivity contribution in [3.63, 3.8) is 0 Å². The molecule has 0 aromatic carbocycles. The van der Waals surface area contributed by atoms with E-state index in [1.54, 1.807) is 13.8 Å². The van der Waals surface area contributed by atoms with Crippen LogP contribution in [0.15, 0.2) is 0 Å². The maximum Gasteiger partial charge on any atom is 0.419 e. The Bertz CT molecular complexity index is 124. The summed E-state index contributed by atoms with van der Waals surface area (Å²) < 4.78 is 0. The Balaban J connectivity index is 3.56. The Morgan fingerprint density at radius 1 is 1.60 bits per heavy atom. The standard InChI is InChI=1S/C5H12N2O3/c1-5(2,3-8)7-6-4(9)10/h6-8H,3H2,1-2H3,(H,9,10). The van der Waals surface area contributed by atoms with Gasteiger partial charge >= 0.3 is 6.09 Å². The molecule has 0 aromatic rings. The van der Waals surface area contributed by atoms with Gasteiger partial charge in [-0.3, -0.25) is 5.43 Å². The molecular weight excluding hydrogens is 136 g/mol. The lowest BCUT2D eigenvalue weighted by molar-refractivity contribution is 0.153. The van der Waals surface area contributed by atoms with Crippen LogP contribution in [0.5, 0.6) is 0 Å². The summed E-state index contributed by atoms with van der Waals surface area (Å²) in [7, 11) is 0. The van der Waals surface area contributed by atoms with E-state index in [0.29, 0.717) is 0 Å². The predicted octanol–water partition coefficient (Wildman–Crippen LogP) is -0.470. The first-order valence-corrected chi connectivity index (χ1v) is 2.85. The summed E-state index contributed by atoms with van der Waals surface area (Å²) >= 11 is 0. The highest BCUT2D eigenvalue weighted by Crippen LogP contribution is 1.96. The summed E-state index contributed by atoms with van der Waals surface area (Å²) in [5, 5.41) is 16.7. The van der Waals surface area contributed by atoms with Crippen molar-refractivity contribution in [2.24, 2.45) is 0 Å². The van der Waals surface area contributed by atoms with Crippen molar-refractivity contribution in [1.82, 2.24) is 10.9 Å². The molecule has 0 aromatic heterocycles. The van der Waals surface area contributed by atoms with Gasteiger partial charge in [0.05, 0.1) is 12.1 Å². The third-order valence-electron chi connectivity index (χ3n) is 0.903. The van der Waals surface area contributed by atoms with E-state index in [-0.39, 0.29) is 6.61 Å². The van der Waals surface area contributed by atoms with Gasteiger partial charge in [-0.1, -0.05) is 0 Å². The first kappa shape index (κ1) is 9.19. The number of hydrogen-bond donors (Lipinski definition) is 4. The number of rotatable bonds is 3. The monoisotopic (exact) mass is 148 g/mol. The second-order valence-electron chi connectivity index (χ2n) is 2.60. The van der Waals surface area contributed by atoms with Crippen LogP contribution in [0, 0.1) is 0 Å². The summed E-state index contributed by atoms with van der Waals surface area (Å²) in [5.41, 5.74) is 3.74. The van der Waals surface area contributed by atoms with Crippen LogP contribution >= 0.6 is 0 Å². The smallest absolute Gasteiger partial charge is 0.419 e. The van der Waals surface area contributed by atoms with Crippen LogP contribution in [-0.2, 0) is 0 Å². The van der Waals surface area contributed by atoms with Crippen LogP contribution in [0.1, 0.15) is 13.8 Å². The lowest BCUT2D eigenvalue weighted by atomic mass is 10.1. The molecule has 0 aliphatic rings. The van der Waals surface area contributed by atoms with E-state index in [1.165, 1.54) is 0 Å². The molecule has 0 aliphatic heterocycles. The number of hydrogen-bond acceptors (Lipinski definition) is 3. The molecule has 4 N–H and O–H groups in total. The number of carboxylic acid groups (broad SMARTS) is 1. The fraction of sp³-hybridized carbons (Fsp3) is 0.800.